The van der Waals surface area contributed by atoms with Gasteiger partial charge in [-0.1, -0.05) is 60.7 Å². The Balaban J connectivity index is 1.37. The molecule has 0 saturated heterocycles. The van der Waals surface area contributed by atoms with E-state index in [1.165, 1.54) is 12.4 Å². The van der Waals surface area contributed by atoms with Crippen molar-refractivity contribution in [1.29, 1.82) is 0 Å². The maximum Gasteiger partial charge on any atom is 0.273 e. The van der Waals surface area contributed by atoms with Crippen molar-refractivity contribution in [2.24, 2.45) is 22.2 Å². The zero-order chi connectivity index (χ0) is 42.6. The van der Waals surface area contributed by atoms with Crippen LogP contribution in [0.25, 0.3) is 21.7 Å². The third kappa shape index (κ3) is 11.0. The van der Waals surface area contributed by atoms with Crippen molar-refractivity contribution in [1.82, 2.24) is 41.5 Å². The number of primary amides is 1. The standard InChI is InChI=1S/C42H48N12O6/c43-36(55)30-12-5-6-16-48-40(59)34-35(47-19-18-46-34)41(60)54-32(21-24-14-15-25-8-1-2-9-26(25)20-24)38(57)52-31(13-7-17-49-42(44)45)37(56)53-33(39(58)51-30)22-27-23-50-29-11-4-3-10-28(27)29/h1-4,8-11,14-15,18-20,23,30-33,50H,5-7,12-13,16-17,21-22H2,(H2,43,55)(H,48,59)(H,51,58)(H,52,57)(H,53,56)(H,54,60)(H4,44,45,49). The first kappa shape index (κ1) is 42.2. The van der Waals surface area contributed by atoms with Gasteiger partial charge in [-0.2, -0.15) is 0 Å². The number of hydrogen-bond acceptors (Lipinski definition) is 9. The van der Waals surface area contributed by atoms with Crippen LogP contribution in [0.15, 0.2) is 90.3 Å². The number of fused-ring (bicyclic) bond motifs is 3. The number of H-pyrrole nitrogens is 1. The summed E-state index contributed by atoms with van der Waals surface area (Å²) >= 11 is 0. The van der Waals surface area contributed by atoms with Gasteiger partial charge in [0.05, 0.1) is 0 Å². The van der Waals surface area contributed by atoms with Crippen molar-refractivity contribution >= 4 is 63.1 Å². The molecule has 0 radical (unpaired) electrons. The predicted molar refractivity (Wildman–Crippen MR) is 224 cm³/mol. The lowest BCUT2D eigenvalue weighted by atomic mass is 10.00. The van der Waals surface area contributed by atoms with Gasteiger partial charge < -0.3 is 48.8 Å². The molecule has 3 heterocycles. The van der Waals surface area contributed by atoms with Crippen LogP contribution in [0.3, 0.4) is 0 Å². The number of nitrogens with zero attached hydrogens (tertiary/aromatic N) is 3. The van der Waals surface area contributed by atoms with Gasteiger partial charge in [0, 0.05) is 55.4 Å². The molecular weight excluding hydrogens is 769 g/mol. The normalized spacial score (nSPS) is 19.8. The number of hydrogen-bond donors (Lipinski definition) is 9. The van der Waals surface area contributed by atoms with Crippen LogP contribution in [0, 0.1) is 0 Å². The lowest BCUT2D eigenvalue weighted by Crippen LogP contribution is -2.58. The van der Waals surface area contributed by atoms with Crippen LogP contribution in [-0.4, -0.2) is 93.6 Å². The first-order valence-corrected chi connectivity index (χ1v) is 19.7. The Morgan fingerprint density at radius 3 is 2.15 bits per heavy atom. The van der Waals surface area contributed by atoms with E-state index in [1.807, 2.05) is 66.7 Å². The van der Waals surface area contributed by atoms with Gasteiger partial charge in [0.2, 0.25) is 23.6 Å². The van der Waals surface area contributed by atoms with E-state index in [9.17, 15) is 28.8 Å². The van der Waals surface area contributed by atoms with Gasteiger partial charge in [0.15, 0.2) is 17.3 Å². The van der Waals surface area contributed by atoms with Crippen LogP contribution in [0.2, 0.25) is 0 Å². The zero-order valence-electron chi connectivity index (χ0n) is 32.8. The Morgan fingerprint density at radius 2 is 1.38 bits per heavy atom. The molecule has 12 N–H and O–H groups in total. The number of aromatic nitrogens is 3. The molecule has 4 atom stereocenters. The van der Waals surface area contributed by atoms with Gasteiger partial charge in [-0.3, -0.25) is 33.8 Å². The molecule has 1 aliphatic rings. The number of guanidine groups is 1. The van der Waals surface area contributed by atoms with Gasteiger partial charge >= 0.3 is 0 Å². The van der Waals surface area contributed by atoms with Crippen LogP contribution in [0.5, 0.6) is 0 Å². The van der Waals surface area contributed by atoms with Gasteiger partial charge in [-0.05, 0) is 60.1 Å². The van der Waals surface area contributed by atoms with Gasteiger partial charge in [-0.25, -0.2) is 9.97 Å². The van der Waals surface area contributed by atoms with Gasteiger partial charge in [0.25, 0.3) is 11.8 Å². The molecule has 0 fully saturated rings. The van der Waals surface area contributed by atoms with E-state index in [0.717, 1.165) is 21.7 Å². The van der Waals surface area contributed by atoms with Crippen LogP contribution in [0.4, 0.5) is 0 Å². The van der Waals surface area contributed by atoms with Crippen LogP contribution < -0.4 is 43.8 Å². The number of rotatable bonds is 9. The Morgan fingerprint density at radius 1 is 0.717 bits per heavy atom. The van der Waals surface area contributed by atoms with Crippen LogP contribution in [0.1, 0.15) is 64.2 Å². The molecule has 0 saturated carbocycles. The number of carbonyl (C=O) groups excluding carboxylic acids is 6. The molecule has 0 bridgehead atoms. The minimum absolute atomic E-state index is 0.00879. The van der Waals surface area contributed by atoms with Crippen molar-refractivity contribution in [2.75, 3.05) is 13.1 Å². The summed E-state index contributed by atoms with van der Waals surface area (Å²) in [6.07, 6.45) is 5.36. The lowest BCUT2D eigenvalue weighted by Gasteiger charge is -2.26. The molecule has 3 aromatic carbocycles. The van der Waals surface area contributed by atoms with Gasteiger partial charge in [-0.15, -0.1) is 0 Å². The fourth-order valence-corrected chi connectivity index (χ4v) is 7.07. The van der Waals surface area contributed by atoms with Crippen LogP contribution >= 0.6 is 0 Å². The van der Waals surface area contributed by atoms with Crippen molar-refractivity contribution in [3.63, 3.8) is 0 Å². The minimum atomic E-state index is -1.29. The highest BCUT2D eigenvalue weighted by molar-refractivity contribution is 6.06. The number of benzene rings is 3. The van der Waals surface area contributed by atoms with Gasteiger partial charge in [0.1, 0.15) is 24.2 Å². The monoisotopic (exact) mass is 816 g/mol. The average molecular weight is 817 g/mol. The molecule has 0 aliphatic carbocycles. The van der Waals surface area contributed by atoms with E-state index >= 15 is 0 Å². The van der Waals surface area contributed by atoms with E-state index in [-0.39, 0.29) is 62.5 Å². The molecule has 0 spiro atoms. The van der Waals surface area contributed by atoms with Crippen LogP contribution in [-0.2, 0) is 32.0 Å². The Kier molecular flexibility index (Phi) is 14.0. The fraction of sp³-hybridized carbons (Fsp3) is 0.310. The smallest absolute Gasteiger partial charge is 0.273 e. The Labute approximate surface area is 344 Å². The van der Waals surface area contributed by atoms with Crippen molar-refractivity contribution in [2.45, 2.75) is 69.1 Å². The maximum atomic E-state index is 14.4. The maximum absolute atomic E-state index is 14.4. The third-order valence-corrected chi connectivity index (χ3v) is 10.2. The van der Waals surface area contributed by atoms with Crippen molar-refractivity contribution in [3.05, 3.63) is 108 Å². The Hall–Kier alpha value is -7.37. The SMILES string of the molecule is NC(=O)C1CCCCNC(=O)c2nccnc2C(=O)NC(Cc2ccc3ccccc3c2)C(=O)NC(CCCN=C(N)N)C(=O)NC(Cc2c[nH]c3ccccc23)C(=O)N1. The van der Waals surface area contributed by atoms with E-state index in [0.29, 0.717) is 24.0 Å². The summed E-state index contributed by atoms with van der Waals surface area (Å²) in [6.45, 7) is 0.253. The second-order valence-electron chi connectivity index (χ2n) is 14.5. The summed E-state index contributed by atoms with van der Waals surface area (Å²) in [5.74, 6) is -4.62. The summed E-state index contributed by atoms with van der Waals surface area (Å²) in [5.41, 5.74) is 18.4. The van der Waals surface area contributed by atoms with E-state index in [2.05, 4.69) is 46.5 Å². The quantitative estimate of drug-likeness (QED) is 0.0567. The van der Waals surface area contributed by atoms with Crippen molar-refractivity contribution < 1.29 is 28.8 Å². The topological polar surface area (TPSA) is 295 Å². The number of para-hydroxylation sites is 1. The molecule has 18 heteroatoms. The number of aliphatic imine (C=N–C) groups is 1. The molecule has 5 aromatic rings. The zero-order valence-corrected chi connectivity index (χ0v) is 32.8. The highest BCUT2D eigenvalue weighted by Crippen LogP contribution is 2.20. The second kappa shape index (κ2) is 19.9. The first-order chi connectivity index (χ1) is 29.0. The molecule has 2 aromatic heterocycles. The number of nitrogens with one attached hydrogen (secondary N) is 6. The fourth-order valence-electron chi connectivity index (χ4n) is 7.07. The minimum Gasteiger partial charge on any atom is -0.370 e. The second-order valence-corrected chi connectivity index (χ2v) is 14.5. The number of carbonyl (C=O) groups is 6. The van der Waals surface area contributed by atoms with E-state index in [1.54, 1.807) is 6.20 Å². The highest BCUT2D eigenvalue weighted by atomic mass is 16.2. The summed E-state index contributed by atoms with van der Waals surface area (Å²) in [6, 6.07) is 15.8. The molecule has 312 valence electrons. The van der Waals surface area contributed by atoms with E-state index < -0.39 is 59.6 Å². The highest BCUT2D eigenvalue weighted by Gasteiger charge is 2.33. The summed E-state index contributed by atoms with van der Waals surface area (Å²) in [4.78, 5) is 98.2. The van der Waals surface area contributed by atoms with E-state index in [4.69, 9.17) is 17.2 Å². The average Bonchev–Trinajstić information content (AvgIpc) is 3.65. The number of amides is 6. The predicted octanol–water partition coefficient (Wildman–Crippen LogP) is 0.602. The summed E-state index contributed by atoms with van der Waals surface area (Å²) < 4.78 is 0. The molecule has 60 heavy (non-hydrogen) atoms. The lowest BCUT2D eigenvalue weighted by molar-refractivity contribution is -0.133. The largest absolute Gasteiger partial charge is 0.370 e. The molecular formula is C42H48N12O6. The molecule has 6 amide bonds. The third-order valence-electron chi connectivity index (χ3n) is 10.2. The number of aromatic amines is 1. The summed E-state index contributed by atoms with van der Waals surface area (Å²) in [5, 5.41) is 16.4. The first-order valence-electron chi connectivity index (χ1n) is 19.7. The summed E-state index contributed by atoms with van der Waals surface area (Å²) in [7, 11) is 0. The molecule has 4 unspecified atom stereocenters. The molecule has 1 aliphatic heterocycles. The molecule has 18 nitrogen and oxygen atoms in total. The molecule has 6 rings (SSSR count). The number of nitrogens with two attached hydrogens (primary N) is 3. The Bertz CT molecular complexity index is 2410. The van der Waals surface area contributed by atoms with Crippen molar-refractivity contribution in [3.8, 4) is 0 Å².